The summed E-state index contributed by atoms with van der Waals surface area (Å²) in [5.41, 5.74) is 2.47. The number of fused-ring (bicyclic) bond motifs is 2. The zero-order valence-electron chi connectivity index (χ0n) is 6.95. The zero-order valence-corrected chi connectivity index (χ0v) is 6.95. The van der Waals surface area contributed by atoms with Crippen molar-refractivity contribution in [2.45, 2.75) is 25.7 Å². The molecule has 2 aliphatic heterocycles. The molecule has 0 atom stereocenters. The second-order valence-corrected chi connectivity index (χ2v) is 3.43. The van der Waals surface area contributed by atoms with Gasteiger partial charge in [-0.25, -0.2) is 10.0 Å². The van der Waals surface area contributed by atoms with Crippen molar-refractivity contribution in [2.75, 3.05) is 6.54 Å². The van der Waals surface area contributed by atoms with Crippen LogP contribution in [0, 0.1) is 0 Å². The van der Waals surface area contributed by atoms with Gasteiger partial charge in [-0.15, -0.1) is 0 Å². The van der Waals surface area contributed by atoms with Crippen LogP contribution in [0.25, 0.3) is 0 Å². The van der Waals surface area contributed by atoms with E-state index in [9.17, 15) is 0 Å². The van der Waals surface area contributed by atoms with Crippen LogP contribution in [0.5, 0.6) is 0 Å². The van der Waals surface area contributed by atoms with E-state index in [4.69, 9.17) is 0 Å². The van der Waals surface area contributed by atoms with Gasteiger partial charge >= 0.3 is 0 Å². The molecular weight excluding hydrogens is 150 g/mol. The maximum atomic E-state index is 4.58. The van der Waals surface area contributed by atoms with E-state index in [-0.39, 0.29) is 0 Å². The van der Waals surface area contributed by atoms with Gasteiger partial charge in [0, 0.05) is 6.54 Å². The highest BCUT2D eigenvalue weighted by Gasteiger charge is 2.26. The molecule has 3 nitrogen and oxygen atoms in total. The number of hydrazone groups is 1. The van der Waals surface area contributed by atoms with Crippen LogP contribution in [-0.4, -0.2) is 23.0 Å². The van der Waals surface area contributed by atoms with Gasteiger partial charge in [0.15, 0.2) is 0 Å². The average Bonchev–Trinajstić information content (AvgIpc) is 2.64. The van der Waals surface area contributed by atoms with Gasteiger partial charge in [-0.05, 0) is 31.8 Å². The number of rotatable bonds is 0. The Kier molecular flexibility index (Phi) is 1.17. The first-order chi connectivity index (χ1) is 5.93. The maximum absolute atomic E-state index is 4.58. The molecule has 0 N–H and O–H groups in total. The molecule has 0 radical (unpaired) electrons. The smallest absolute Gasteiger partial charge is 0.145 e. The van der Waals surface area contributed by atoms with E-state index < -0.39 is 0 Å². The molecule has 1 saturated carbocycles. The average molecular weight is 161 g/mol. The molecule has 0 amide bonds. The Morgan fingerprint density at radius 2 is 2.17 bits per heavy atom. The van der Waals surface area contributed by atoms with E-state index in [0.717, 1.165) is 31.6 Å². The minimum absolute atomic E-state index is 1.02. The Morgan fingerprint density at radius 3 is 3.17 bits per heavy atom. The third-order valence-corrected chi connectivity index (χ3v) is 2.58. The predicted octanol–water partition coefficient (Wildman–Crippen LogP) is 1.53. The summed E-state index contributed by atoms with van der Waals surface area (Å²) in [6.45, 7) is 1.02. The van der Waals surface area contributed by atoms with E-state index in [2.05, 4.69) is 16.2 Å². The molecule has 62 valence electrons. The van der Waals surface area contributed by atoms with E-state index in [1.807, 2.05) is 5.01 Å². The third-order valence-electron chi connectivity index (χ3n) is 2.58. The van der Waals surface area contributed by atoms with Gasteiger partial charge in [-0.3, -0.25) is 0 Å². The van der Waals surface area contributed by atoms with Gasteiger partial charge in [-0.1, -0.05) is 0 Å². The van der Waals surface area contributed by atoms with Crippen LogP contribution in [0.4, 0.5) is 0 Å². The molecule has 3 heteroatoms. The topological polar surface area (TPSA) is 28.0 Å². The molecular formula is C9H11N3. The standard InChI is InChI=1S/C9H11N3/c1-3-7-8(4-1)11-12-6-2-5-9(12)10-7/h5H,1-4,6H2. The first-order valence-electron chi connectivity index (χ1n) is 4.56. The summed E-state index contributed by atoms with van der Waals surface area (Å²) >= 11 is 0. The summed E-state index contributed by atoms with van der Waals surface area (Å²) < 4.78 is 0. The normalized spacial score (nSPS) is 26.0. The van der Waals surface area contributed by atoms with Crippen LogP contribution >= 0.6 is 0 Å². The molecule has 0 aromatic carbocycles. The Bertz CT molecular complexity index is 312. The van der Waals surface area contributed by atoms with Crippen LogP contribution in [0.15, 0.2) is 22.0 Å². The molecule has 0 saturated heterocycles. The summed E-state index contributed by atoms with van der Waals surface area (Å²) in [7, 11) is 0. The number of hydrogen-bond donors (Lipinski definition) is 0. The third kappa shape index (κ3) is 0.763. The van der Waals surface area contributed by atoms with Crippen LogP contribution in [-0.2, 0) is 0 Å². The molecule has 3 rings (SSSR count). The molecule has 2 heterocycles. The lowest BCUT2D eigenvalue weighted by Crippen LogP contribution is -2.22. The first kappa shape index (κ1) is 6.40. The SMILES string of the molecule is C1=C2N=C3CCCC3=NN2CC1. The van der Waals surface area contributed by atoms with E-state index >= 15 is 0 Å². The molecule has 1 aliphatic carbocycles. The summed E-state index contributed by atoms with van der Waals surface area (Å²) in [4.78, 5) is 4.58. The summed E-state index contributed by atoms with van der Waals surface area (Å²) in [5.74, 6) is 1.08. The van der Waals surface area contributed by atoms with Crippen molar-refractivity contribution in [1.82, 2.24) is 5.01 Å². The fourth-order valence-corrected chi connectivity index (χ4v) is 1.96. The van der Waals surface area contributed by atoms with Gasteiger partial charge in [0.2, 0.25) is 0 Å². The molecule has 0 bridgehead atoms. The fraction of sp³-hybridized carbons (Fsp3) is 0.556. The van der Waals surface area contributed by atoms with Gasteiger partial charge in [0.25, 0.3) is 0 Å². The van der Waals surface area contributed by atoms with Crippen molar-refractivity contribution in [3.63, 3.8) is 0 Å². The van der Waals surface area contributed by atoms with Crippen molar-refractivity contribution in [3.8, 4) is 0 Å². The van der Waals surface area contributed by atoms with Gasteiger partial charge < -0.3 is 0 Å². The Labute approximate surface area is 71.5 Å². The van der Waals surface area contributed by atoms with E-state index in [1.165, 1.54) is 17.8 Å². The van der Waals surface area contributed by atoms with Crippen LogP contribution in [0.3, 0.4) is 0 Å². The summed E-state index contributed by atoms with van der Waals surface area (Å²) in [6.07, 6.45) is 6.76. The van der Waals surface area contributed by atoms with Crippen molar-refractivity contribution in [2.24, 2.45) is 10.1 Å². The fourth-order valence-electron chi connectivity index (χ4n) is 1.96. The summed E-state index contributed by atoms with van der Waals surface area (Å²) in [6, 6.07) is 0. The number of hydrogen-bond acceptors (Lipinski definition) is 3. The van der Waals surface area contributed by atoms with Crippen LogP contribution in [0.1, 0.15) is 25.7 Å². The highest BCUT2D eigenvalue weighted by molar-refractivity contribution is 6.44. The Hall–Kier alpha value is -1.12. The molecule has 0 aromatic heterocycles. The first-order valence-corrected chi connectivity index (χ1v) is 4.56. The highest BCUT2D eigenvalue weighted by Crippen LogP contribution is 2.25. The Balaban J connectivity index is 2.05. The summed E-state index contributed by atoms with van der Waals surface area (Å²) in [5, 5.41) is 6.59. The highest BCUT2D eigenvalue weighted by atomic mass is 15.5. The minimum atomic E-state index is 1.02. The van der Waals surface area contributed by atoms with Crippen molar-refractivity contribution >= 4 is 11.4 Å². The van der Waals surface area contributed by atoms with Gasteiger partial charge in [-0.2, -0.15) is 5.10 Å². The van der Waals surface area contributed by atoms with Crippen LogP contribution < -0.4 is 0 Å². The molecule has 0 aromatic rings. The van der Waals surface area contributed by atoms with Crippen molar-refractivity contribution in [1.29, 1.82) is 0 Å². The number of aliphatic imine (C=N–C) groups is 1. The van der Waals surface area contributed by atoms with Crippen molar-refractivity contribution in [3.05, 3.63) is 11.9 Å². The molecule has 3 aliphatic rings. The maximum Gasteiger partial charge on any atom is 0.145 e. The van der Waals surface area contributed by atoms with Gasteiger partial charge in [0.1, 0.15) is 5.82 Å². The predicted molar refractivity (Wildman–Crippen MR) is 48.1 cm³/mol. The second-order valence-electron chi connectivity index (χ2n) is 3.43. The Morgan fingerprint density at radius 1 is 1.25 bits per heavy atom. The molecule has 0 spiro atoms. The lowest BCUT2D eigenvalue weighted by molar-refractivity contribution is 0.393. The quantitative estimate of drug-likeness (QED) is 0.529. The van der Waals surface area contributed by atoms with Crippen molar-refractivity contribution < 1.29 is 0 Å². The number of nitrogens with zero attached hydrogens (tertiary/aromatic N) is 3. The lowest BCUT2D eigenvalue weighted by atomic mass is 10.3. The molecule has 0 unspecified atom stereocenters. The molecule has 12 heavy (non-hydrogen) atoms. The monoisotopic (exact) mass is 161 g/mol. The zero-order chi connectivity index (χ0) is 7.97. The largest absolute Gasteiger partial charge is 0.248 e. The minimum Gasteiger partial charge on any atom is -0.248 e. The molecule has 1 fully saturated rings. The van der Waals surface area contributed by atoms with Gasteiger partial charge in [0.05, 0.1) is 11.4 Å². The van der Waals surface area contributed by atoms with Crippen LogP contribution in [0.2, 0.25) is 0 Å². The van der Waals surface area contributed by atoms with E-state index in [1.54, 1.807) is 0 Å². The van der Waals surface area contributed by atoms with E-state index in [0.29, 0.717) is 0 Å². The lowest BCUT2D eigenvalue weighted by Gasteiger charge is -2.19. The second kappa shape index (κ2) is 2.19.